The van der Waals surface area contributed by atoms with Crippen LogP contribution in [0.5, 0.6) is 11.5 Å². The van der Waals surface area contributed by atoms with Gasteiger partial charge in [0.05, 0.1) is 11.4 Å². The van der Waals surface area contributed by atoms with E-state index in [-0.39, 0.29) is 24.2 Å². The van der Waals surface area contributed by atoms with E-state index < -0.39 is 28.5 Å². The minimum absolute atomic E-state index is 0.103. The summed E-state index contributed by atoms with van der Waals surface area (Å²) >= 11 is 0. The Bertz CT molecular complexity index is 1140. The zero-order valence-corrected chi connectivity index (χ0v) is 21.4. The van der Waals surface area contributed by atoms with E-state index in [1.54, 1.807) is 25.1 Å². The van der Waals surface area contributed by atoms with Gasteiger partial charge in [-0.05, 0) is 45.4 Å². The Balaban J connectivity index is 1.93. The second-order valence-corrected chi connectivity index (χ2v) is 10.8. The average molecular weight is 504 g/mol. The Morgan fingerprint density at radius 3 is 2.29 bits per heavy atom. The van der Waals surface area contributed by atoms with Crippen LogP contribution in [0.3, 0.4) is 0 Å². The predicted octanol–water partition coefficient (Wildman–Crippen LogP) is 2.56. The lowest BCUT2D eigenvalue weighted by atomic mass is 10.1. The second-order valence-electron chi connectivity index (χ2n) is 8.58. The van der Waals surface area contributed by atoms with Gasteiger partial charge >= 0.3 is 0 Å². The number of hydrogen-bond acceptors (Lipinski definition) is 6. The first-order valence-electron chi connectivity index (χ1n) is 11.7. The molecule has 0 saturated carbocycles. The summed E-state index contributed by atoms with van der Waals surface area (Å²) < 4.78 is 38.3. The van der Waals surface area contributed by atoms with Gasteiger partial charge in [-0.1, -0.05) is 30.3 Å². The van der Waals surface area contributed by atoms with Crippen LogP contribution in [0, 0.1) is 0 Å². The van der Waals surface area contributed by atoms with Crippen molar-refractivity contribution in [3.63, 3.8) is 0 Å². The number of rotatable bonds is 10. The maximum absolute atomic E-state index is 13.6. The number of nitrogens with one attached hydrogen (secondary N) is 1. The van der Waals surface area contributed by atoms with Crippen LogP contribution in [0.4, 0.5) is 5.69 Å². The van der Waals surface area contributed by atoms with Gasteiger partial charge in [0.15, 0.2) is 11.5 Å². The molecule has 1 unspecified atom stereocenters. The highest BCUT2D eigenvalue weighted by atomic mass is 32.2. The van der Waals surface area contributed by atoms with Crippen molar-refractivity contribution in [3.8, 4) is 11.5 Å². The van der Waals surface area contributed by atoms with E-state index in [0.29, 0.717) is 30.4 Å². The molecule has 1 aliphatic rings. The quantitative estimate of drug-likeness (QED) is 0.534. The highest BCUT2D eigenvalue weighted by Crippen LogP contribution is 2.35. The number of carbonyl (C=O) groups is 2. The fraction of sp³-hybridized carbons (Fsp3) is 0.440. The van der Waals surface area contributed by atoms with Gasteiger partial charge in [0.2, 0.25) is 21.8 Å². The van der Waals surface area contributed by atoms with Gasteiger partial charge in [-0.15, -0.1) is 0 Å². The lowest BCUT2D eigenvalue weighted by Gasteiger charge is -2.32. The van der Waals surface area contributed by atoms with Crippen molar-refractivity contribution in [2.45, 2.75) is 46.3 Å². The first-order chi connectivity index (χ1) is 16.6. The zero-order valence-electron chi connectivity index (χ0n) is 20.6. The molecule has 35 heavy (non-hydrogen) atoms. The van der Waals surface area contributed by atoms with Crippen LogP contribution < -0.4 is 19.1 Å². The van der Waals surface area contributed by atoms with Crippen molar-refractivity contribution < 1.29 is 27.5 Å². The SMILES string of the molecule is CCS(=O)(=O)N(CC(=O)N(Cc1ccccc1)C(C)C(=O)NC(C)C)c1ccc2c(c1)OCCO2. The molecule has 0 spiro atoms. The molecule has 0 aromatic heterocycles. The van der Waals surface area contributed by atoms with Crippen LogP contribution in [-0.2, 0) is 26.2 Å². The number of amides is 2. The van der Waals surface area contributed by atoms with Crippen molar-refractivity contribution in [2.24, 2.45) is 0 Å². The van der Waals surface area contributed by atoms with Crippen molar-refractivity contribution in [3.05, 3.63) is 54.1 Å². The molecule has 1 heterocycles. The molecule has 2 aromatic carbocycles. The molecule has 0 bridgehead atoms. The van der Waals surface area contributed by atoms with E-state index in [2.05, 4.69) is 5.32 Å². The lowest BCUT2D eigenvalue weighted by molar-refractivity contribution is -0.139. The molecule has 2 amide bonds. The summed E-state index contributed by atoms with van der Waals surface area (Å²) in [5, 5.41) is 2.83. The van der Waals surface area contributed by atoms with Crippen molar-refractivity contribution in [1.29, 1.82) is 0 Å². The molecule has 9 nitrogen and oxygen atoms in total. The molecule has 0 fully saturated rings. The van der Waals surface area contributed by atoms with E-state index in [4.69, 9.17) is 9.47 Å². The molecular weight excluding hydrogens is 470 g/mol. The van der Waals surface area contributed by atoms with Crippen LogP contribution in [0.25, 0.3) is 0 Å². The average Bonchev–Trinajstić information content (AvgIpc) is 2.85. The summed E-state index contributed by atoms with van der Waals surface area (Å²) in [6, 6.07) is 13.1. The summed E-state index contributed by atoms with van der Waals surface area (Å²) in [6.07, 6.45) is 0. The van der Waals surface area contributed by atoms with Crippen LogP contribution in [-0.4, -0.2) is 62.7 Å². The third-order valence-corrected chi connectivity index (χ3v) is 7.33. The van der Waals surface area contributed by atoms with Gasteiger partial charge in [0.1, 0.15) is 25.8 Å². The highest BCUT2D eigenvalue weighted by molar-refractivity contribution is 7.92. The summed E-state index contributed by atoms with van der Waals surface area (Å²) in [7, 11) is -3.82. The Hall–Kier alpha value is -3.27. The molecule has 10 heteroatoms. The molecule has 1 N–H and O–H groups in total. The van der Waals surface area contributed by atoms with E-state index in [0.717, 1.165) is 9.87 Å². The zero-order chi connectivity index (χ0) is 25.6. The number of nitrogens with zero attached hydrogens (tertiary/aromatic N) is 2. The molecule has 0 aliphatic carbocycles. The topological polar surface area (TPSA) is 105 Å². The van der Waals surface area contributed by atoms with Gasteiger partial charge in [-0.2, -0.15) is 0 Å². The number of fused-ring (bicyclic) bond motifs is 1. The van der Waals surface area contributed by atoms with Gasteiger partial charge in [-0.3, -0.25) is 13.9 Å². The maximum Gasteiger partial charge on any atom is 0.244 e. The minimum atomic E-state index is -3.82. The minimum Gasteiger partial charge on any atom is -0.486 e. The number of ether oxygens (including phenoxy) is 2. The van der Waals surface area contributed by atoms with Gasteiger partial charge < -0.3 is 19.7 Å². The van der Waals surface area contributed by atoms with Gasteiger partial charge in [0.25, 0.3) is 0 Å². The van der Waals surface area contributed by atoms with Crippen molar-refractivity contribution >= 4 is 27.5 Å². The molecule has 3 rings (SSSR count). The molecule has 1 aliphatic heterocycles. The molecule has 0 radical (unpaired) electrons. The van der Waals surface area contributed by atoms with E-state index in [1.165, 1.54) is 11.8 Å². The second kappa shape index (κ2) is 11.4. The Labute approximate surface area is 207 Å². The predicted molar refractivity (Wildman–Crippen MR) is 134 cm³/mol. The summed E-state index contributed by atoms with van der Waals surface area (Å²) in [5.41, 5.74) is 1.12. The molecular formula is C25H33N3O6S. The van der Waals surface area contributed by atoms with Gasteiger partial charge in [-0.25, -0.2) is 8.42 Å². The number of benzene rings is 2. The van der Waals surface area contributed by atoms with Crippen molar-refractivity contribution in [1.82, 2.24) is 10.2 Å². The normalized spacial score (nSPS) is 13.7. The highest BCUT2D eigenvalue weighted by Gasteiger charge is 2.31. The number of carbonyl (C=O) groups excluding carboxylic acids is 2. The van der Waals surface area contributed by atoms with Crippen LogP contribution in [0.1, 0.15) is 33.3 Å². The van der Waals surface area contributed by atoms with Gasteiger partial charge in [0, 0.05) is 18.7 Å². The van der Waals surface area contributed by atoms with Crippen molar-refractivity contribution in [2.75, 3.05) is 29.8 Å². The summed E-state index contributed by atoms with van der Waals surface area (Å²) in [5.74, 6) is -0.0644. The summed E-state index contributed by atoms with van der Waals surface area (Å²) in [6.45, 7) is 7.30. The Kier molecular flexibility index (Phi) is 8.61. The standard InChI is InChI=1S/C25H33N3O6S/c1-5-35(31,32)28(21-11-12-22-23(15-21)34-14-13-33-22)17-24(29)27(16-20-9-7-6-8-10-20)19(4)25(30)26-18(2)3/h6-12,15,18-19H,5,13-14,16-17H2,1-4H3,(H,26,30). The Morgan fingerprint density at radius 1 is 1.00 bits per heavy atom. The lowest BCUT2D eigenvalue weighted by Crippen LogP contribution is -2.52. The van der Waals surface area contributed by atoms with E-state index >= 15 is 0 Å². The Morgan fingerprint density at radius 2 is 1.66 bits per heavy atom. The molecule has 190 valence electrons. The fourth-order valence-corrected chi connectivity index (χ4v) is 4.73. The fourth-order valence-electron chi connectivity index (χ4n) is 3.67. The first-order valence-corrected chi connectivity index (χ1v) is 13.3. The van der Waals surface area contributed by atoms with Crippen LogP contribution in [0.15, 0.2) is 48.5 Å². The molecule has 2 aromatic rings. The van der Waals surface area contributed by atoms with Crippen LogP contribution >= 0.6 is 0 Å². The molecule has 0 saturated heterocycles. The number of hydrogen-bond donors (Lipinski definition) is 1. The summed E-state index contributed by atoms with van der Waals surface area (Å²) in [4.78, 5) is 27.8. The third kappa shape index (κ3) is 6.66. The maximum atomic E-state index is 13.6. The smallest absolute Gasteiger partial charge is 0.244 e. The van der Waals surface area contributed by atoms with E-state index in [9.17, 15) is 18.0 Å². The van der Waals surface area contributed by atoms with Crippen LogP contribution in [0.2, 0.25) is 0 Å². The monoisotopic (exact) mass is 503 g/mol. The van der Waals surface area contributed by atoms with E-state index in [1.807, 2.05) is 44.2 Å². The first kappa shape index (κ1) is 26.3. The third-order valence-electron chi connectivity index (χ3n) is 5.59. The molecule has 1 atom stereocenters. The largest absolute Gasteiger partial charge is 0.486 e. The number of sulfonamides is 1. The number of anilines is 1.